The third-order valence-electron chi connectivity index (χ3n) is 4.84. The Morgan fingerprint density at radius 2 is 1.65 bits per heavy atom. The van der Waals surface area contributed by atoms with E-state index in [4.69, 9.17) is 0 Å². The van der Waals surface area contributed by atoms with Gasteiger partial charge in [0.2, 0.25) is 15.9 Å². The zero-order chi connectivity index (χ0) is 22.3. The summed E-state index contributed by atoms with van der Waals surface area (Å²) in [5.41, 5.74) is 2.31. The first kappa shape index (κ1) is 22.7. The van der Waals surface area contributed by atoms with Gasteiger partial charge in [-0.1, -0.05) is 50.2 Å². The van der Waals surface area contributed by atoms with Crippen LogP contribution in [0.5, 0.6) is 0 Å². The number of hydrogen-bond acceptors (Lipinski definition) is 4. The molecule has 1 aromatic heterocycles. The van der Waals surface area contributed by atoms with Gasteiger partial charge in [0.1, 0.15) is 0 Å². The number of sulfonamides is 1. The summed E-state index contributed by atoms with van der Waals surface area (Å²) in [7, 11) is -3.75. The molecule has 1 N–H and O–H groups in total. The van der Waals surface area contributed by atoms with Gasteiger partial charge in [-0.3, -0.25) is 9.78 Å². The minimum absolute atomic E-state index is 0.116. The summed E-state index contributed by atoms with van der Waals surface area (Å²) >= 11 is 0. The number of pyridine rings is 1. The lowest BCUT2D eigenvalue weighted by Gasteiger charge is -2.22. The molecule has 2 aromatic carbocycles. The molecule has 0 aliphatic carbocycles. The van der Waals surface area contributed by atoms with Gasteiger partial charge in [0.25, 0.3) is 0 Å². The molecule has 31 heavy (non-hydrogen) atoms. The van der Waals surface area contributed by atoms with E-state index in [0.29, 0.717) is 24.3 Å². The van der Waals surface area contributed by atoms with E-state index < -0.39 is 10.0 Å². The van der Waals surface area contributed by atoms with Crippen molar-refractivity contribution >= 4 is 21.6 Å². The number of carbonyl (C=O) groups is 1. The van der Waals surface area contributed by atoms with Crippen molar-refractivity contribution in [1.82, 2.24) is 9.29 Å². The van der Waals surface area contributed by atoms with Crippen molar-refractivity contribution < 1.29 is 13.2 Å². The molecule has 0 bridgehead atoms. The number of rotatable bonds is 9. The second-order valence-corrected chi connectivity index (χ2v) is 9.50. The molecule has 0 spiro atoms. The van der Waals surface area contributed by atoms with Crippen molar-refractivity contribution in [3.8, 4) is 0 Å². The third-order valence-corrected chi connectivity index (χ3v) is 6.70. The number of benzene rings is 2. The number of nitrogens with zero attached hydrogens (tertiary/aromatic N) is 2. The SMILES string of the molecule is CC(C)C(=O)Nc1ccc(S(=O)(=O)N(CCc2ccccc2)Cc2ccccn2)cc1. The van der Waals surface area contributed by atoms with Crippen molar-refractivity contribution in [2.24, 2.45) is 5.92 Å². The second kappa shape index (κ2) is 10.3. The van der Waals surface area contributed by atoms with Crippen molar-refractivity contribution in [1.29, 1.82) is 0 Å². The topological polar surface area (TPSA) is 79.4 Å². The monoisotopic (exact) mass is 437 g/mol. The van der Waals surface area contributed by atoms with Gasteiger partial charge in [-0.15, -0.1) is 0 Å². The van der Waals surface area contributed by atoms with Crippen molar-refractivity contribution in [2.75, 3.05) is 11.9 Å². The first-order chi connectivity index (χ1) is 14.9. The van der Waals surface area contributed by atoms with Crippen LogP contribution in [0.1, 0.15) is 25.1 Å². The highest BCUT2D eigenvalue weighted by atomic mass is 32.2. The van der Waals surface area contributed by atoms with Crippen LogP contribution in [-0.4, -0.2) is 30.2 Å². The number of carbonyl (C=O) groups excluding carboxylic acids is 1. The molecule has 1 amide bonds. The minimum atomic E-state index is -3.75. The quantitative estimate of drug-likeness (QED) is 0.546. The van der Waals surface area contributed by atoms with Gasteiger partial charge in [0.05, 0.1) is 17.1 Å². The number of aromatic nitrogens is 1. The van der Waals surface area contributed by atoms with Gasteiger partial charge in [-0.2, -0.15) is 4.31 Å². The molecule has 3 aromatic rings. The van der Waals surface area contributed by atoms with Gasteiger partial charge in [0, 0.05) is 24.3 Å². The first-order valence-corrected chi connectivity index (χ1v) is 11.6. The Labute approximate surface area is 184 Å². The molecule has 7 heteroatoms. The maximum atomic E-state index is 13.4. The van der Waals surface area contributed by atoms with Crippen LogP contribution >= 0.6 is 0 Å². The van der Waals surface area contributed by atoms with E-state index in [1.54, 1.807) is 38.2 Å². The van der Waals surface area contributed by atoms with Crippen LogP contribution in [0.15, 0.2) is 83.9 Å². The maximum Gasteiger partial charge on any atom is 0.243 e. The Kier molecular flexibility index (Phi) is 7.55. The van der Waals surface area contributed by atoms with E-state index in [1.807, 2.05) is 42.5 Å². The molecule has 0 aliphatic rings. The van der Waals surface area contributed by atoms with Gasteiger partial charge < -0.3 is 5.32 Å². The van der Waals surface area contributed by atoms with E-state index >= 15 is 0 Å². The molecule has 0 fully saturated rings. The molecule has 0 radical (unpaired) electrons. The number of hydrogen-bond donors (Lipinski definition) is 1. The predicted molar refractivity (Wildman–Crippen MR) is 122 cm³/mol. The fourth-order valence-electron chi connectivity index (χ4n) is 3.00. The van der Waals surface area contributed by atoms with Crippen LogP contribution in [0.2, 0.25) is 0 Å². The summed E-state index contributed by atoms with van der Waals surface area (Å²) in [6.45, 7) is 4.11. The molecular weight excluding hydrogens is 410 g/mol. The fourth-order valence-corrected chi connectivity index (χ4v) is 4.41. The van der Waals surface area contributed by atoms with Gasteiger partial charge in [0.15, 0.2) is 0 Å². The highest BCUT2D eigenvalue weighted by Crippen LogP contribution is 2.21. The summed E-state index contributed by atoms with van der Waals surface area (Å²) in [4.78, 5) is 16.4. The normalized spacial score (nSPS) is 11.6. The highest BCUT2D eigenvalue weighted by Gasteiger charge is 2.25. The lowest BCUT2D eigenvalue weighted by molar-refractivity contribution is -0.118. The number of nitrogens with one attached hydrogen (secondary N) is 1. The smallest absolute Gasteiger partial charge is 0.243 e. The van der Waals surface area contributed by atoms with Crippen molar-refractivity contribution in [3.05, 3.63) is 90.3 Å². The summed E-state index contributed by atoms with van der Waals surface area (Å²) in [6.07, 6.45) is 2.25. The van der Waals surface area contributed by atoms with Crippen LogP contribution in [0.3, 0.4) is 0 Å². The molecule has 162 valence electrons. The second-order valence-electron chi connectivity index (χ2n) is 7.56. The Bertz CT molecular complexity index is 1080. The highest BCUT2D eigenvalue weighted by molar-refractivity contribution is 7.89. The zero-order valence-corrected chi connectivity index (χ0v) is 18.5. The molecule has 1 heterocycles. The maximum absolute atomic E-state index is 13.4. The van der Waals surface area contributed by atoms with Crippen LogP contribution < -0.4 is 5.32 Å². The molecule has 0 aliphatic heterocycles. The van der Waals surface area contributed by atoms with E-state index in [2.05, 4.69) is 10.3 Å². The lowest BCUT2D eigenvalue weighted by Crippen LogP contribution is -2.33. The van der Waals surface area contributed by atoms with E-state index in [0.717, 1.165) is 5.56 Å². The standard InChI is InChI=1S/C24H27N3O3S/c1-19(2)24(28)26-21-11-13-23(14-12-21)31(29,30)27(18-22-10-6-7-16-25-22)17-15-20-8-4-3-5-9-20/h3-14,16,19H,15,17-18H2,1-2H3,(H,26,28). The average Bonchev–Trinajstić information content (AvgIpc) is 2.78. The fraction of sp³-hybridized carbons (Fsp3) is 0.250. The Morgan fingerprint density at radius 3 is 2.26 bits per heavy atom. The predicted octanol–water partition coefficient (Wildman–Crippen LogP) is 4.11. The molecular formula is C24H27N3O3S. The molecule has 0 saturated heterocycles. The minimum Gasteiger partial charge on any atom is -0.326 e. The summed E-state index contributed by atoms with van der Waals surface area (Å²) in [5.74, 6) is -0.273. The molecule has 3 rings (SSSR count). The molecule has 6 nitrogen and oxygen atoms in total. The van der Waals surface area contributed by atoms with Crippen molar-refractivity contribution in [3.63, 3.8) is 0 Å². The van der Waals surface area contributed by atoms with Crippen LogP contribution in [-0.2, 0) is 27.8 Å². The van der Waals surface area contributed by atoms with E-state index in [1.165, 1.54) is 16.4 Å². The Morgan fingerprint density at radius 1 is 0.968 bits per heavy atom. The first-order valence-electron chi connectivity index (χ1n) is 10.2. The number of anilines is 1. The van der Waals surface area contributed by atoms with Gasteiger partial charge in [-0.05, 0) is 48.4 Å². The zero-order valence-electron chi connectivity index (χ0n) is 17.7. The Hall–Kier alpha value is -3.03. The summed E-state index contributed by atoms with van der Waals surface area (Å²) in [5, 5.41) is 2.78. The van der Waals surface area contributed by atoms with Crippen molar-refractivity contribution in [2.45, 2.75) is 31.7 Å². The number of amides is 1. The van der Waals surface area contributed by atoms with Gasteiger partial charge >= 0.3 is 0 Å². The molecule has 0 atom stereocenters. The van der Waals surface area contributed by atoms with E-state index in [-0.39, 0.29) is 23.3 Å². The summed E-state index contributed by atoms with van der Waals surface area (Å²) < 4.78 is 28.3. The molecule has 0 saturated carbocycles. The van der Waals surface area contributed by atoms with E-state index in [9.17, 15) is 13.2 Å². The van der Waals surface area contributed by atoms with Crippen LogP contribution in [0, 0.1) is 5.92 Å². The lowest BCUT2D eigenvalue weighted by atomic mass is 10.1. The third kappa shape index (κ3) is 6.23. The summed E-state index contributed by atoms with van der Waals surface area (Å²) in [6, 6.07) is 21.5. The van der Waals surface area contributed by atoms with Gasteiger partial charge in [-0.25, -0.2) is 8.42 Å². The largest absolute Gasteiger partial charge is 0.326 e. The average molecular weight is 438 g/mol. The van der Waals surface area contributed by atoms with Crippen LogP contribution in [0.25, 0.3) is 0 Å². The van der Waals surface area contributed by atoms with Crippen LogP contribution in [0.4, 0.5) is 5.69 Å². The molecule has 0 unspecified atom stereocenters. The Balaban J connectivity index is 1.82.